The van der Waals surface area contributed by atoms with E-state index in [-0.39, 0.29) is 11.7 Å². The number of Topliss-reactive ketones (excluding diaryl/α,β-unsaturated/α-hetero) is 1. The molecule has 1 aliphatic rings. The van der Waals surface area contributed by atoms with Gasteiger partial charge < -0.3 is 4.74 Å². The average molecular weight is 250 g/mol. The van der Waals surface area contributed by atoms with Crippen molar-refractivity contribution < 1.29 is 9.53 Å². The first-order valence-corrected chi connectivity index (χ1v) is 7.32. The van der Waals surface area contributed by atoms with Gasteiger partial charge in [-0.3, -0.25) is 4.79 Å². The minimum Gasteiger partial charge on any atom is -0.493 e. The van der Waals surface area contributed by atoms with Crippen LogP contribution in [0.1, 0.15) is 30.1 Å². The second kappa shape index (κ2) is 6.10. The van der Waals surface area contributed by atoms with Gasteiger partial charge in [0, 0.05) is 11.7 Å². The molecule has 0 radical (unpaired) electrons. The monoisotopic (exact) mass is 250 g/mol. The van der Waals surface area contributed by atoms with Gasteiger partial charge in [-0.1, -0.05) is 19.1 Å². The summed E-state index contributed by atoms with van der Waals surface area (Å²) in [5, 5.41) is 0. The van der Waals surface area contributed by atoms with Gasteiger partial charge in [-0.05, 0) is 30.7 Å². The van der Waals surface area contributed by atoms with Gasteiger partial charge in [-0.25, -0.2) is 0 Å². The Bertz CT molecular complexity index is 384. The van der Waals surface area contributed by atoms with E-state index in [2.05, 4.69) is 6.92 Å². The number of benzene rings is 1. The van der Waals surface area contributed by atoms with Crippen LogP contribution in [0, 0.1) is 5.92 Å². The molecule has 3 heteroatoms. The summed E-state index contributed by atoms with van der Waals surface area (Å²) < 4.78 is 5.64. The maximum absolute atomic E-state index is 12.3. The Kier molecular flexibility index (Phi) is 4.49. The highest BCUT2D eigenvalue weighted by molar-refractivity contribution is 7.99. The van der Waals surface area contributed by atoms with Crippen molar-refractivity contribution in [3.63, 3.8) is 0 Å². The van der Waals surface area contributed by atoms with Gasteiger partial charge in [-0.2, -0.15) is 11.8 Å². The average Bonchev–Trinajstić information content (AvgIpc) is 2.89. The summed E-state index contributed by atoms with van der Waals surface area (Å²) in [6.45, 7) is 2.74. The van der Waals surface area contributed by atoms with E-state index in [1.54, 1.807) is 0 Å². The van der Waals surface area contributed by atoms with E-state index >= 15 is 0 Å². The molecule has 0 aliphatic carbocycles. The van der Waals surface area contributed by atoms with Crippen molar-refractivity contribution in [3.05, 3.63) is 29.8 Å². The van der Waals surface area contributed by atoms with E-state index in [0.29, 0.717) is 6.61 Å². The summed E-state index contributed by atoms with van der Waals surface area (Å²) in [4.78, 5) is 12.3. The molecule has 0 bridgehead atoms. The molecule has 92 valence electrons. The fraction of sp³-hybridized carbons (Fsp3) is 0.500. The largest absolute Gasteiger partial charge is 0.493 e. The molecule has 1 aromatic rings. The number of hydrogen-bond donors (Lipinski definition) is 0. The zero-order valence-electron chi connectivity index (χ0n) is 10.1. The first kappa shape index (κ1) is 12.5. The van der Waals surface area contributed by atoms with Crippen LogP contribution in [0.25, 0.3) is 0 Å². The highest BCUT2D eigenvalue weighted by Crippen LogP contribution is 2.29. The maximum atomic E-state index is 12.3. The van der Waals surface area contributed by atoms with Crippen LogP contribution in [0.4, 0.5) is 0 Å². The predicted octanol–water partition coefficient (Wildman–Crippen LogP) is 3.41. The Morgan fingerprint density at radius 1 is 1.47 bits per heavy atom. The van der Waals surface area contributed by atoms with E-state index in [1.165, 1.54) is 0 Å². The highest BCUT2D eigenvalue weighted by Gasteiger charge is 2.26. The van der Waals surface area contributed by atoms with Gasteiger partial charge in [0.15, 0.2) is 5.78 Å². The lowest BCUT2D eigenvalue weighted by Crippen LogP contribution is -2.15. The number of ether oxygens (including phenoxy) is 1. The number of para-hydroxylation sites is 1. The quantitative estimate of drug-likeness (QED) is 0.749. The highest BCUT2D eigenvalue weighted by atomic mass is 32.2. The van der Waals surface area contributed by atoms with Crippen LogP contribution >= 0.6 is 11.8 Å². The summed E-state index contributed by atoms with van der Waals surface area (Å²) in [7, 11) is 0. The molecule has 1 heterocycles. The molecule has 2 rings (SSSR count). The third-order valence-electron chi connectivity index (χ3n) is 2.91. The number of thioether (sulfide) groups is 1. The zero-order chi connectivity index (χ0) is 12.1. The van der Waals surface area contributed by atoms with Crippen molar-refractivity contribution in [2.45, 2.75) is 19.8 Å². The van der Waals surface area contributed by atoms with Gasteiger partial charge in [-0.15, -0.1) is 0 Å². The minimum atomic E-state index is 0.186. The van der Waals surface area contributed by atoms with E-state index in [0.717, 1.165) is 35.7 Å². The second-order valence-electron chi connectivity index (χ2n) is 4.27. The Balaban J connectivity index is 2.15. The molecule has 0 amide bonds. The fourth-order valence-electron chi connectivity index (χ4n) is 1.97. The van der Waals surface area contributed by atoms with Gasteiger partial charge in [0.05, 0.1) is 12.2 Å². The SMILES string of the molecule is CCCOc1ccccc1C(=O)C1CCSC1. The number of rotatable bonds is 5. The van der Waals surface area contributed by atoms with E-state index in [1.807, 2.05) is 36.0 Å². The lowest BCUT2D eigenvalue weighted by atomic mass is 9.96. The molecular formula is C14H18O2S. The summed E-state index contributed by atoms with van der Waals surface area (Å²) in [6, 6.07) is 7.61. The molecule has 0 spiro atoms. The predicted molar refractivity (Wildman–Crippen MR) is 72.0 cm³/mol. The van der Waals surface area contributed by atoms with Crippen LogP contribution in [0.5, 0.6) is 5.75 Å². The van der Waals surface area contributed by atoms with Crippen molar-refractivity contribution in [2.24, 2.45) is 5.92 Å². The number of ketones is 1. The molecule has 1 saturated heterocycles. The molecule has 17 heavy (non-hydrogen) atoms. The Labute approximate surface area is 107 Å². The third kappa shape index (κ3) is 3.03. The topological polar surface area (TPSA) is 26.3 Å². The fourth-order valence-corrected chi connectivity index (χ4v) is 3.19. The molecule has 1 fully saturated rings. The summed E-state index contributed by atoms with van der Waals surface area (Å²) in [5.41, 5.74) is 0.758. The van der Waals surface area contributed by atoms with Crippen LogP contribution in [-0.4, -0.2) is 23.9 Å². The number of hydrogen-bond acceptors (Lipinski definition) is 3. The van der Waals surface area contributed by atoms with Crippen LogP contribution < -0.4 is 4.74 Å². The first-order valence-electron chi connectivity index (χ1n) is 6.16. The molecule has 1 atom stereocenters. The summed E-state index contributed by atoms with van der Waals surface area (Å²) in [6.07, 6.45) is 1.97. The van der Waals surface area contributed by atoms with Crippen molar-refractivity contribution in [2.75, 3.05) is 18.1 Å². The Morgan fingerprint density at radius 2 is 2.29 bits per heavy atom. The second-order valence-corrected chi connectivity index (χ2v) is 5.42. The van der Waals surface area contributed by atoms with Crippen molar-refractivity contribution in [1.82, 2.24) is 0 Å². The van der Waals surface area contributed by atoms with Crippen LogP contribution in [-0.2, 0) is 0 Å². The van der Waals surface area contributed by atoms with E-state index in [9.17, 15) is 4.79 Å². The molecule has 0 N–H and O–H groups in total. The summed E-state index contributed by atoms with van der Waals surface area (Å²) >= 11 is 1.87. The molecule has 0 saturated carbocycles. The molecule has 2 nitrogen and oxygen atoms in total. The van der Waals surface area contributed by atoms with Crippen LogP contribution in [0.2, 0.25) is 0 Å². The number of carbonyl (C=O) groups is 1. The molecule has 0 aromatic heterocycles. The standard InChI is InChI=1S/C14H18O2S/c1-2-8-16-13-6-4-3-5-12(13)14(15)11-7-9-17-10-11/h3-6,11H,2,7-10H2,1H3. The molecule has 1 aliphatic heterocycles. The van der Waals surface area contributed by atoms with E-state index < -0.39 is 0 Å². The minimum absolute atomic E-state index is 0.186. The van der Waals surface area contributed by atoms with Gasteiger partial charge >= 0.3 is 0 Å². The van der Waals surface area contributed by atoms with Gasteiger partial charge in [0.2, 0.25) is 0 Å². The molecular weight excluding hydrogens is 232 g/mol. The zero-order valence-corrected chi connectivity index (χ0v) is 11.0. The van der Waals surface area contributed by atoms with Gasteiger partial charge in [0.25, 0.3) is 0 Å². The molecule has 1 unspecified atom stereocenters. The summed E-state index contributed by atoms with van der Waals surface area (Å²) in [5.74, 6) is 3.25. The smallest absolute Gasteiger partial charge is 0.170 e. The normalized spacial score (nSPS) is 19.2. The first-order chi connectivity index (χ1) is 8.33. The lowest BCUT2D eigenvalue weighted by molar-refractivity contribution is 0.0929. The van der Waals surface area contributed by atoms with Crippen LogP contribution in [0.3, 0.4) is 0 Å². The van der Waals surface area contributed by atoms with E-state index in [4.69, 9.17) is 4.74 Å². The third-order valence-corrected chi connectivity index (χ3v) is 4.08. The van der Waals surface area contributed by atoms with Crippen molar-refractivity contribution in [3.8, 4) is 5.75 Å². The number of carbonyl (C=O) groups excluding carboxylic acids is 1. The maximum Gasteiger partial charge on any atom is 0.170 e. The Morgan fingerprint density at radius 3 is 3.00 bits per heavy atom. The van der Waals surface area contributed by atoms with Crippen LogP contribution in [0.15, 0.2) is 24.3 Å². The Hall–Kier alpha value is -0.960. The molecule has 1 aromatic carbocycles. The van der Waals surface area contributed by atoms with Crippen molar-refractivity contribution in [1.29, 1.82) is 0 Å². The van der Waals surface area contributed by atoms with Crippen molar-refractivity contribution >= 4 is 17.5 Å². The lowest BCUT2D eigenvalue weighted by Gasteiger charge is -2.12. The van der Waals surface area contributed by atoms with Gasteiger partial charge in [0.1, 0.15) is 5.75 Å².